The highest BCUT2D eigenvalue weighted by atomic mass is 16.7. The summed E-state index contributed by atoms with van der Waals surface area (Å²) in [5.41, 5.74) is 3.83. The molecule has 276 valence electrons. The Balaban J connectivity index is 1.12. The van der Waals surface area contributed by atoms with Gasteiger partial charge in [0.1, 0.15) is 6.10 Å². The maximum atomic E-state index is 15.0. The van der Waals surface area contributed by atoms with Crippen LogP contribution in [-0.4, -0.2) is 90.2 Å². The van der Waals surface area contributed by atoms with Crippen LogP contribution in [0.2, 0.25) is 0 Å². The fourth-order valence-corrected chi connectivity index (χ4v) is 13.6. The molecule has 0 aromatic rings. The molecular formula is C39H62N2O8. The Bertz CT molecular complexity index is 1360. The Kier molecular flexibility index (Phi) is 8.55. The van der Waals surface area contributed by atoms with Gasteiger partial charge in [-0.25, -0.2) is 0 Å². The van der Waals surface area contributed by atoms with Crippen molar-refractivity contribution in [1.29, 1.82) is 0 Å². The molecule has 3 N–H and O–H groups in total. The molecule has 2 spiro atoms. The third-order valence-electron chi connectivity index (χ3n) is 15.9. The first-order chi connectivity index (χ1) is 22.9. The van der Waals surface area contributed by atoms with E-state index in [4.69, 9.17) is 24.7 Å². The number of rotatable bonds is 8. The molecule has 13 atom stereocenters. The number of nitrogens with two attached hydrogens (primary N) is 1. The first-order valence-corrected chi connectivity index (χ1v) is 19.2. The molecule has 7 rings (SSSR count). The monoisotopic (exact) mass is 686 g/mol. The molecule has 2 heterocycles. The average molecular weight is 687 g/mol. The molecular weight excluding hydrogens is 624 g/mol. The van der Waals surface area contributed by atoms with Gasteiger partial charge in [0, 0.05) is 24.3 Å². The number of amides is 1. The number of nitrogens with zero attached hydrogens (tertiary/aromatic N) is 1. The van der Waals surface area contributed by atoms with Gasteiger partial charge in [0.25, 0.3) is 0 Å². The normalized spacial score (nSPS) is 47.9. The summed E-state index contributed by atoms with van der Waals surface area (Å²) in [6.07, 6.45) is 6.20. The van der Waals surface area contributed by atoms with Crippen molar-refractivity contribution in [3.8, 4) is 0 Å². The highest BCUT2D eigenvalue weighted by Gasteiger charge is 2.85. The molecule has 5 saturated carbocycles. The van der Waals surface area contributed by atoms with E-state index in [1.807, 2.05) is 4.90 Å². The van der Waals surface area contributed by atoms with Crippen LogP contribution in [0.5, 0.6) is 0 Å². The Morgan fingerprint density at radius 3 is 2.45 bits per heavy atom. The molecule has 5 aliphatic carbocycles. The molecule has 10 heteroatoms. The minimum atomic E-state index is -1.30. The average Bonchev–Trinajstić information content (AvgIpc) is 3.65. The summed E-state index contributed by atoms with van der Waals surface area (Å²) < 4.78 is 25.4. The minimum absolute atomic E-state index is 0.0513. The lowest BCUT2D eigenvalue weighted by Gasteiger charge is -2.62. The predicted octanol–water partition coefficient (Wildman–Crippen LogP) is 4.63. The molecule has 49 heavy (non-hydrogen) atoms. The molecule has 13 unspecified atom stereocenters. The number of ether oxygens (including phenoxy) is 4. The van der Waals surface area contributed by atoms with Crippen molar-refractivity contribution in [1.82, 2.24) is 4.90 Å². The van der Waals surface area contributed by atoms with Crippen molar-refractivity contribution in [2.75, 3.05) is 26.2 Å². The van der Waals surface area contributed by atoms with E-state index in [-0.39, 0.29) is 76.5 Å². The van der Waals surface area contributed by atoms with Crippen LogP contribution in [0.3, 0.4) is 0 Å². The fraction of sp³-hybridized carbons (Fsp3) is 0.923. The standard InChI is InChI=1S/C39H62N2O8/c1-9-28(43)49-33(35(5,6)45)23-18-22(2)30-31(47-23)32(44)37(8)25-11-10-24-34(3,4)26(48-29-20-41(16-17-46-29)19-27(40)42)12-13-38(24)21-39(25,38)15-14-36(30,37)7/h22-26,29-31,33,45H,9-21H2,1-8H3,(H2,40,42). The van der Waals surface area contributed by atoms with Crippen LogP contribution in [0.25, 0.3) is 0 Å². The lowest BCUT2D eigenvalue weighted by molar-refractivity contribution is -0.246. The minimum Gasteiger partial charge on any atom is -0.457 e. The second kappa shape index (κ2) is 11.7. The van der Waals surface area contributed by atoms with Gasteiger partial charge in [-0.2, -0.15) is 0 Å². The molecule has 10 nitrogen and oxygen atoms in total. The number of carbonyl (C=O) groups excluding carboxylic acids is 3. The Morgan fingerprint density at radius 2 is 1.78 bits per heavy atom. The van der Waals surface area contributed by atoms with Crippen LogP contribution in [0, 0.1) is 50.7 Å². The van der Waals surface area contributed by atoms with Crippen molar-refractivity contribution < 1.29 is 38.4 Å². The third kappa shape index (κ3) is 5.07. The third-order valence-corrected chi connectivity index (χ3v) is 15.9. The van der Waals surface area contributed by atoms with E-state index < -0.39 is 29.3 Å². The molecule has 2 aliphatic heterocycles. The fourth-order valence-electron chi connectivity index (χ4n) is 13.6. The van der Waals surface area contributed by atoms with Gasteiger partial charge >= 0.3 is 5.97 Å². The smallest absolute Gasteiger partial charge is 0.305 e. The number of hydrogen-bond acceptors (Lipinski definition) is 9. The molecule has 7 fully saturated rings. The van der Waals surface area contributed by atoms with E-state index in [0.29, 0.717) is 38.0 Å². The molecule has 0 aromatic heterocycles. The van der Waals surface area contributed by atoms with E-state index in [9.17, 15) is 14.7 Å². The summed E-state index contributed by atoms with van der Waals surface area (Å²) in [5.74, 6) is 0.646. The van der Waals surface area contributed by atoms with Crippen LogP contribution in [0.4, 0.5) is 0 Å². The largest absolute Gasteiger partial charge is 0.457 e. The molecule has 1 amide bonds. The van der Waals surface area contributed by atoms with Crippen molar-refractivity contribution in [2.24, 2.45) is 56.5 Å². The number of esters is 1. The number of aliphatic hydroxyl groups is 1. The zero-order chi connectivity index (χ0) is 35.5. The van der Waals surface area contributed by atoms with Gasteiger partial charge in [0.05, 0.1) is 37.5 Å². The predicted molar refractivity (Wildman–Crippen MR) is 182 cm³/mol. The zero-order valence-corrected chi connectivity index (χ0v) is 31.2. The lowest BCUT2D eigenvalue weighted by Crippen LogP contribution is -2.60. The second-order valence-corrected chi connectivity index (χ2v) is 18.9. The van der Waals surface area contributed by atoms with Gasteiger partial charge in [0.15, 0.2) is 18.2 Å². The van der Waals surface area contributed by atoms with Gasteiger partial charge in [-0.1, -0.05) is 41.5 Å². The van der Waals surface area contributed by atoms with Gasteiger partial charge in [0.2, 0.25) is 5.91 Å². The molecule has 0 bridgehead atoms. The summed E-state index contributed by atoms with van der Waals surface area (Å²) in [7, 11) is 0. The summed E-state index contributed by atoms with van der Waals surface area (Å²) in [5, 5.41) is 11.1. The van der Waals surface area contributed by atoms with E-state index >= 15 is 4.79 Å². The van der Waals surface area contributed by atoms with Crippen LogP contribution in [-0.2, 0) is 33.3 Å². The maximum absolute atomic E-state index is 15.0. The number of hydrogen-bond donors (Lipinski definition) is 2. The van der Waals surface area contributed by atoms with Gasteiger partial charge in [-0.3, -0.25) is 19.3 Å². The Hall–Kier alpha value is -1.59. The highest BCUT2D eigenvalue weighted by molar-refractivity contribution is 5.93. The first-order valence-electron chi connectivity index (χ1n) is 19.2. The molecule has 0 radical (unpaired) electrons. The molecule has 7 aliphatic rings. The summed E-state index contributed by atoms with van der Waals surface area (Å²) in [6, 6.07) is 0. The maximum Gasteiger partial charge on any atom is 0.305 e. The van der Waals surface area contributed by atoms with E-state index in [1.54, 1.807) is 20.8 Å². The number of primary amides is 1. The Morgan fingerprint density at radius 1 is 1.08 bits per heavy atom. The topological polar surface area (TPSA) is 138 Å². The number of Topliss-reactive ketones (excluding diaryl/α,β-unsaturated/α-hetero) is 1. The van der Waals surface area contributed by atoms with Crippen LogP contribution >= 0.6 is 0 Å². The number of morpholine rings is 1. The molecule has 0 aromatic carbocycles. The van der Waals surface area contributed by atoms with Crippen LogP contribution in [0.1, 0.15) is 113 Å². The van der Waals surface area contributed by atoms with Gasteiger partial charge < -0.3 is 29.8 Å². The summed E-state index contributed by atoms with van der Waals surface area (Å²) in [4.78, 5) is 41.1. The van der Waals surface area contributed by atoms with E-state index in [0.717, 1.165) is 38.5 Å². The Labute approximate surface area is 292 Å². The quantitative estimate of drug-likeness (QED) is 0.350. The van der Waals surface area contributed by atoms with Gasteiger partial charge in [-0.15, -0.1) is 0 Å². The van der Waals surface area contributed by atoms with Crippen molar-refractivity contribution in [3.05, 3.63) is 0 Å². The van der Waals surface area contributed by atoms with E-state index in [1.165, 1.54) is 6.42 Å². The first kappa shape index (κ1) is 35.8. The second-order valence-electron chi connectivity index (χ2n) is 18.9. The van der Waals surface area contributed by atoms with E-state index in [2.05, 4.69) is 34.6 Å². The van der Waals surface area contributed by atoms with Crippen molar-refractivity contribution in [2.45, 2.75) is 149 Å². The number of ketones is 1. The SMILES string of the molecule is CCC(=O)OC(C1CC(C)C2C(O1)C(=O)C1(C)C3CCC4C(C)(C)C(OC5CN(CC(N)=O)CCO5)CCC45CC35CCC21C)C(C)(C)O. The lowest BCUT2D eigenvalue weighted by atomic mass is 9.41. The van der Waals surface area contributed by atoms with Gasteiger partial charge in [-0.05, 0) is 105 Å². The van der Waals surface area contributed by atoms with Crippen molar-refractivity contribution >= 4 is 17.7 Å². The zero-order valence-electron chi connectivity index (χ0n) is 31.2. The number of carbonyl (C=O) groups is 3. The summed E-state index contributed by atoms with van der Waals surface area (Å²) in [6.45, 7) is 18.8. The van der Waals surface area contributed by atoms with Crippen LogP contribution < -0.4 is 5.73 Å². The molecule has 2 saturated heterocycles. The number of fused-ring (bicyclic) bond motifs is 4. The highest BCUT2D eigenvalue weighted by Crippen LogP contribution is 2.89. The van der Waals surface area contributed by atoms with Crippen LogP contribution in [0.15, 0.2) is 0 Å². The van der Waals surface area contributed by atoms with Crippen molar-refractivity contribution in [3.63, 3.8) is 0 Å². The summed E-state index contributed by atoms with van der Waals surface area (Å²) >= 11 is 0.